The van der Waals surface area contributed by atoms with Crippen LogP contribution in [0, 0.1) is 11.3 Å². The number of nitriles is 1. The summed E-state index contributed by atoms with van der Waals surface area (Å²) in [6.45, 7) is 2.77. The highest BCUT2D eigenvalue weighted by Crippen LogP contribution is 2.39. The Morgan fingerprint density at radius 2 is 2.21 bits per heavy atom. The van der Waals surface area contributed by atoms with Gasteiger partial charge in [-0.1, -0.05) is 11.2 Å². The van der Waals surface area contributed by atoms with Crippen LogP contribution < -0.4 is 4.74 Å². The largest absolute Gasteiger partial charge is 0.495 e. The molecule has 6 heteroatoms. The van der Waals surface area contributed by atoms with Crippen LogP contribution in [0.4, 0.5) is 0 Å². The smallest absolute Gasteiger partial charge is 0.231 e. The van der Waals surface area contributed by atoms with E-state index in [2.05, 4.69) is 21.1 Å². The molecule has 1 aliphatic carbocycles. The van der Waals surface area contributed by atoms with E-state index in [-0.39, 0.29) is 0 Å². The minimum Gasteiger partial charge on any atom is -0.495 e. The summed E-state index contributed by atoms with van der Waals surface area (Å²) in [5.74, 6) is 3.17. The number of aromatic nitrogens is 2. The summed E-state index contributed by atoms with van der Waals surface area (Å²) in [7, 11) is 1.60. The van der Waals surface area contributed by atoms with Crippen LogP contribution in [0.3, 0.4) is 0 Å². The average molecular weight is 324 g/mol. The predicted octanol–water partition coefficient (Wildman–Crippen LogP) is 2.82. The Morgan fingerprint density at radius 3 is 2.96 bits per heavy atom. The lowest BCUT2D eigenvalue weighted by molar-refractivity contribution is 0.308. The predicted molar refractivity (Wildman–Crippen MR) is 86.6 cm³/mol. The first-order valence-corrected chi connectivity index (χ1v) is 8.39. The number of methoxy groups -OCH3 is 1. The van der Waals surface area contributed by atoms with Crippen molar-refractivity contribution in [2.75, 3.05) is 20.2 Å². The lowest BCUT2D eigenvalue weighted by Gasteiger charge is -2.16. The van der Waals surface area contributed by atoms with Crippen molar-refractivity contribution in [3.05, 3.63) is 41.0 Å². The van der Waals surface area contributed by atoms with Crippen LogP contribution in [0.5, 0.6) is 5.75 Å². The zero-order valence-corrected chi connectivity index (χ0v) is 13.7. The SMILES string of the molecule is COc1cc(CN2CCC(c3nc(C4CC4)no3)C2)ccc1C#N. The fourth-order valence-corrected chi connectivity index (χ4v) is 3.28. The van der Waals surface area contributed by atoms with Gasteiger partial charge in [0, 0.05) is 19.0 Å². The monoisotopic (exact) mass is 324 g/mol. The molecule has 1 saturated heterocycles. The Hall–Kier alpha value is -2.39. The minimum absolute atomic E-state index is 0.324. The maximum absolute atomic E-state index is 9.07. The van der Waals surface area contributed by atoms with E-state index in [0.29, 0.717) is 23.1 Å². The van der Waals surface area contributed by atoms with Gasteiger partial charge in [0.2, 0.25) is 5.89 Å². The van der Waals surface area contributed by atoms with E-state index in [0.717, 1.165) is 43.3 Å². The number of hydrogen-bond donors (Lipinski definition) is 0. The molecule has 2 heterocycles. The topological polar surface area (TPSA) is 75.2 Å². The molecule has 0 amide bonds. The Bertz CT molecular complexity index is 776. The Labute approximate surface area is 141 Å². The molecule has 1 saturated carbocycles. The van der Waals surface area contributed by atoms with Crippen molar-refractivity contribution in [3.8, 4) is 11.8 Å². The van der Waals surface area contributed by atoms with Gasteiger partial charge in [0.05, 0.1) is 18.6 Å². The molecule has 2 aromatic rings. The van der Waals surface area contributed by atoms with Crippen molar-refractivity contribution in [2.24, 2.45) is 0 Å². The van der Waals surface area contributed by atoms with Crippen molar-refractivity contribution in [1.82, 2.24) is 15.0 Å². The zero-order valence-electron chi connectivity index (χ0n) is 13.7. The summed E-state index contributed by atoms with van der Waals surface area (Å²) in [5.41, 5.74) is 1.72. The first-order valence-electron chi connectivity index (χ1n) is 8.39. The molecule has 24 heavy (non-hydrogen) atoms. The molecule has 6 nitrogen and oxygen atoms in total. The maximum atomic E-state index is 9.07. The van der Waals surface area contributed by atoms with Gasteiger partial charge in [-0.05, 0) is 43.5 Å². The van der Waals surface area contributed by atoms with Crippen LogP contribution in [-0.2, 0) is 6.54 Å². The van der Waals surface area contributed by atoms with Crippen LogP contribution in [0.25, 0.3) is 0 Å². The van der Waals surface area contributed by atoms with Gasteiger partial charge in [-0.2, -0.15) is 10.2 Å². The quantitative estimate of drug-likeness (QED) is 0.842. The highest BCUT2D eigenvalue weighted by Gasteiger charge is 2.32. The van der Waals surface area contributed by atoms with E-state index in [1.165, 1.54) is 12.8 Å². The Balaban J connectivity index is 1.40. The summed E-state index contributed by atoms with van der Waals surface area (Å²) in [4.78, 5) is 6.97. The van der Waals surface area contributed by atoms with Crippen molar-refractivity contribution >= 4 is 0 Å². The van der Waals surface area contributed by atoms with Crippen LogP contribution in [0.2, 0.25) is 0 Å². The fourth-order valence-electron chi connectivity index (χ4n) is 3.28. The minimum atomic E-state index is 0.324. The Morgan fingerprint density at radius 1 is 1.33 bits per heavy atom. The second-order valence-corrected chi connectivity index (χ2v) is 6.63. The third-order valence-corrected chi connectivity index (χ3v) is 4.81. The fraction of sp³-hybridized carbons (Fsp3) is 0.500. The van der Waals surface area contributed by atoms with E-state index >= 15 is 0 Å². The number of likely N-dealkylation sites (tertiary alicyclic amines) is 1. The van der Waals surface area contributed by atoms with E-state index < -0.39 is 0 Å². The van der Waals surface area contributed by atoms with Crippen LogP contribution in [0.15, 0.2) is 22.7 Å². The zero-order chi connectivity index (χ0) is 16.5. The lowest BCUT2D eigenvalue weighted by atomic mass is 10.1. The molecule has 0 bridgehead atoms. The molecule has 1 aromatic heterocycles. The van der Waals surface area contributed by atoms with Crippen molar-refractivity contribution in [3.63, 3.8) is 0 Å². The van der Waals surface area contributed by atoms with Crippen LogP contribution >= 0.6 is 0 Å². The third kappa shape index (κ3) is 3.00. The van der Waals surface area contributed by atoms with Gasteiger partial charge in [0.1, 0.15) is 11.8 Å². The first-order chi connectivity index (χ1) is 11.8. The molecule has 2 fully saturated rings. The summed E-state index contributed by atoms with van der Waals surface area (Å²) < 4.78 is 10.8. The number of nitrogens with zero attached hydrogens (tertiary/aromatic N) is 4. The van der Waals surface area contributed by atoms with E-state index in [1.54, 1.807) is 7.11 Å². The molecular weight excluding hydrogens is 304 g/mol. The molecule has 0 radical (unpaired) electrons. The standard InChI is InChI=1S/C18H20N4O2/c1-23-16-8-12(2-3-14(16)9-19)10-22-7-6-15(11-22)18-20-17(21-24-18)13-4-5-13/h2-3,8,13,15H,4-7,10-11H2,1H3. The van der Waals surface area contributed by atoms with E-state index in [4.69, 9.17) is 14.5 Å². The second kappa shape index (κ2) is 6.25. The normalized spacial score (nSPS) is 20.9. The number of benzene rings is 1. The van der Waals surface area contributed by atoms with Gasteiger partial charge in [-0.25, -0.2) is 0 Å². The number of rotatable bonds is 5. The Kier molecular flexibility index (Phi) is 3.95. The highest BCUT2D eigenvalue weighted by molar-refractivity contribution is 5.45. The number of ether oxygens (including phenoxy) is 1. The molecule has 0 spiro atoms. The molecular formula is C18H20N4O2. The molecule has 124 valence electrons. The second-order valence-electron chi connectivity index (χ2n) is 6.63. The van der Waals surface area contributed by atoms with Crippen molar-refractivity contribution < 1.29 is 9.26 Å². The first kappa shape index (κ1) is 15.2. The number of hydrogen-bond acceptors (Lipinski definition) is 6. The third-order valence-electron chi connectivity index (χ3n) is 4.81. The average Bonchev–Trinajstić information content (AvgIpc) is 3.16. The highest BCUT2D eigenvalue weighted by atomic mass is 16.5. The van der Waals surface area contributed by atoms with Gasteiger partial charge in [-0.3, -0.25) is 4.90 Å². The molecule has 0 N–H and O–H groups in total. The van der Waals surface area contributed by atoms with Gasteiger partial charge >= 0.3 is 0 Å². The summed E-state index contributed by atoms with van der Waals surface area (Å²) >= 11 is 0. The summed E-state index contributed by atoms with van der Waals surface area (Å²) in [6.07, 6.45) is 3.42. The molecule has 1 aromatic carbocycles. The molecule has 1 atom stereocenters. The molecule has 1 unspecified atom stereocenters. The van der Waals surface area contributed by atoms with Gasteiger partial charge in [-0.15, -0.1) is 0 Å². The molecule has 1 aliphatic heterocycles. The van der Waals surface area contributed by atoms with Crippen molar-refractivity contribution in [1.29, 1.82) is 5.26 Å². The van der Waals surface area contributed by atoms with Gasteiger partial charge in [0.25, 0.3) is 0 Å². The maximum Gasteiger partial charge on any atom is 0.231 e. The summed E-state index contributed by atoms with van der Waals surface area (Å²) in [5, 5.41) is 13.2. The van der Waals surface area contributed by atoms with Gasteiger partial charge < -0.3 is 9.26 Å². The lowest BCUT2D eigenvalue weighted by Crippen LogP contribution is -2.19. The van der Waals surface area contributed by atoms with Gasteiger partial charge in [0.15, 0.2) is 5.82 Å². The van der Waals surface area contributed by atoms with Crippen LogP contribution in [-0.4, -0.2) is 35.2 Å². The van der Waals surface area contributed by atoms with E-state index in [9.17, 15) is 0 Å². The summed E-state index contributed by atoms with van der Waals surface area (Å²) in [6, 6.07) is 7.91. The van der Waals surface area contributed by atoms with Crippen LogP contribution in [0.1, 0.15) is 53.9 Å². The van der Waals surface area contributed by atoms with Crippen molar-refractivity contribution in [2.45, 2.75) is 37.6 Å². The van der Waals surface area contributed by atoms with E-state index in [1.807, 2.05) is 18.2 Å². The molecule has 4 rings (SSSR count). The molecule has 2 aliphatic rings.